The molecule has 10 heteroatoms. The van der Waals surface area contributed by atoms with Gasteiger partial charge in [0.05, 0.1) is 12.0 Å². The molecule has 0 heterocycles. The van der Waals surface area contributed by atoms with Gasteiger partial charge in [0, 0.05) is 18.2 Å². The van der Waals surface area contributed by atoms with E-state index in [4.69, 9.17) is 9.79 Å². The fraction of sp³-hybridized carbons (Fsp3) is 0.312. The van der Waals surface area contributed by atoms with Crippen molar-refractivity contribution < 1.29 is 39.6 Å². The molecule has 9 nitrogen and oxygen atoms in total. The van der Waals surface area contributed by atoms with Crippen molar-refractivity contribution in [2.75, 3.05) is 0 Å². The van der Waals surface area contributed by atoms with Gasteiger partial charge < -0.3 is 30.2 Å². The molecule has 0 fully saturated rings. The highest BCUT2D eigenvalue weighted by Gasteiger charge is 2.38. The lowest BCUT2D eigenvalue weighted by atomic mass is 9.90. The minimum Gasteiger partial charge on any atom is -0.508 e. The molecule has 7 N–H and O–H groups in total. The molecule has 26 heavy (non-hydrogen) atoms. The summed E-state index contributed by atoms with van der Waals surface area (Å²) in [5.74, 6) is -3.89. The maximum atomic E-state index is 11.5. The average Bonchev–Trinajstić information content (AvgIpc) is 2.46. The number of hydrogen-bond acceptors (Lipinski definition) is 6. The van der Waals surface area contributed by atoms with E-state index in [0.717, 1.165) is 11.6 Å². The van der Waals surface area contributed by atoms with Crippen LogP contribution >= 0.6 is 7.75 Å². The Balaban J connectivity index is 2.18. The summed E-state index contributed by atoms with van der Waals surface area (Å²) >= 11 is 0. The zero-order chi connectivity index (χ0) is 19.5. The summed E-state index contributed by atoms with van der Waals surface area (Å²) in [6.45, 7) is 0. The van der Waals surface area contributed by atoms with Crippen LogP contribution in [0, 0.1) is 0 Å². The number of aliphatic hydroxyl groups excluding tert-OH is 1. The second kappa shape index (κ2) is 7.61. The highest BCUT2D eigenvalue weighted by atomic mass is 31.2. The fourth-order valence-corrected chi connectivity index (χ4v) is 3.28. The standard InChI is InChI=1S/C16H20NO8P/c18-11-5-3-10(4-6-11)2-1-7-16(21,22)15-13(17-26(23,24)25)8-12(19)9-14(15)20/h3-6,9,18,20-22H,1-2,7-8H2,(H3,17,23,24,25). The van der Waals surface area contributed by atoms with Gasteiger partial charge in [-0.05, 0) is 30.5 Å². The molecule has 0 amide bonds. The Kier molecular flexibility index (Phi) is 5.90. The maximum Gasteiger partial charge on any atom is 0.427 e. The minimum atomic E-state index is -4.82. The third-order valence-corrected chi connectivity index (χ3v) is 4.38. The molecule has 1 aromatic carbocycles. The molecule has 0 saturated carbocycles. The normalized spacial score (nSPS) is 15.8. The van der Waals surface area contributed by atoms with Gasteiger partial charge in [-0.2, -0.15) is 0 Å². The summed E-state index contributed by atoms with van der Waals surface area (Å²) in [7, 11) is -4.82. The predicted octanol–water partition coefficient (Wildman–Crippen LogP) is 0.747. The minimum absolute atomic E-state index is 0.104. The number of carbonyl (C=O) groups is 1. The first-order chi connectivity index (χ1) is 12.0. The molecule has 142 valence electrons. The van der Waals surface area contributed by atoms with Gasteiger partial charge in [-0.1, -0.05) is 12.1 Å². The van der Waals surface area contributed by atoms with Gasteiger partial charge >= 0.3 is 7.75 Å². The molecule has 0 radical (unpaired) electrons. The van der Waals surface area contributed by atoms with Crippen molar-refractivity contribution >= 4 is 13.5 Å². The zero-order valence-electron chi connectivity index (χ0n) is 13.7. The molecule has 0 aromatic heterocycles. The second-order valence-electron chi connectivity index (χ2n) is 6.02. The molecule has 0 atom stereocenters. The van der Waals surface area contributed by atoms with E-state index in [1.54, 1.807) is 17.2 Å². The van der Waals surface area contributed by atoms with Crippen LogP contribution in [0.15, 0.2) is 47.4 Å². The Morgan fingerprint density at radius 1 is 1.12 bits per heavy atom. The molecule has 1 aliphatic carbocycles. The number of benzene rings is 1. The average molecular weight is 385 g/mol. The first kappa shape index (κ1) is 20.2. The monoisotopic (exact) mass is 385 g/mol. The predicted molar refractivity (Wildman–Crippen MR) is 90.8 cm³/mol. The number of aliphatic hydroxyl groups is 3. The van der Waals surface area contributed by atoms with Crippen LogP contribution in [0.2, 0.25) is 0 Å². The van der Waals surface area contributed by atoms with Gasteiger partial charge in [-0.25, -0.2) is 4.57 Å². The Morgan fingerprint density at radius 3 is 2.31 bits per heavy atom. The lowest BCUT2D eigenvalue weighted by molar-refractivity contribution is -0.135. The summed E-state index contributed by atoms with van der Waals surface area (Å²) in [6, 6.07) is 6.32. The Hall–Kier alpha value is -2.16. The highest BCUT2D eigenvalue weighted by molar-refractivity contribution is 7.49. The topological polar surface area (TPSA) is 168 Å². The molecule has 0 spiro atoms. The summed E-state index contributed by atoms with van der Waals surface area (Å²) < 4.78 is 11.2. The number of aromatic hydroxyl groups is 1. The zero-order valence-corrected chi connectivity index (χ0v) is 14.6. The van der Waals surface area contributed by atoms with E-state index < -0.39 is 42.8 Å². The van der Waals surface area contributed by atoms with Crippen LogP contribution in [0.1, 0.15) is 24.8 Å². The molecule has 1 aliphatic rings. The van der Waals surface area contributed by atoms with E-state index in [-0.39, 0.29) is 18.6 Å². The van der Waals surface area contributed by atoms with E-state index in [9.17, 15) is 29.8 Å². The van der Waals surface area contributed by atoms with E-state index in [2.05, 4.69) is 0 Å². The van der Waals surface area contributed by atoms with E-state index in [0.29, 0.717) is 6.42 Å². The molecule has 0 bridgehead atoms. The number of ketones is 1. The van der Waals surface area contributed by atoms with Gasteiger partial charge in [-0.15, -0.1) is 0 Å². The van der Waals surface area contributed by atoms with Crippen LogP contribution in [0.3, 0.4) is 0 Å². The van der Waals surface area contributed by atoms with Crippen LogP contribution in [-0.4, -0.2) is 41.8 Å². The lowest BCUT2D eigenvalue weighted by Gasteiger charge is -2.29. The van der Waals surface area contributed by atoms with Crippen LogP contribution in [0.4, 0.5) is 0 Å². The van der Waals surface area contributed by atoms with Crippen molar-refractivity contribution in [3.05, 3.63) is 52.9 Å². The summed E-state index contributed by atoms with van der Waals surface area (Å²) in [5.41, 5.74) is -0.135. The number of aryl methyl sites for hydroxylation is 1. The molecule has 2 rings (SSSR count). The third-order valence-electron chi connectivity index (χ3n) is 3.81. The van der Waals surface area contributed by atoms with Crippen molar-refractivity contribution in [1.82, 2.24) is 5.09 Å². The number of carbonyl (C=O) groups excluding carboxylic acids is 1. The number of hydrogen-bond donors (Lipinski definition) is 7. The Labute approximate surface area is 149 Å². The summed E-state index contributed by atoms with van der Waals surface area (Å²) in [5, 5.41) is 41.6. The van der Waals surface area contributed by atoms with Gasteiger partial charge in [0.25, 0.3) is 0 Å². The largest absolute Gasteiger partial charge is 0.508 e. The van der Waals surface area contributed by atoms with Gasteiger partial charge in [0.15, 0.2) is 11.6 Å². The SMILES string of the molecule is O=C1C=C(O)C(C(O)(O)CCCc2ccc(O)cc2)=C(NP(=O)(O)O)C1. The van der Waals surface area contributed by atoms with E-state index >= 15 is 0 Å². The van der Waals surface area contributed by atoms with Crippen molar-refractivity contribution in [2.24, 2.45) is 0 Å². The molecule has 0 aliphatic heterocycles. The van der Waals surface area contributed by atoms with Crippen molar-refractivity contribution in [3.63, 3.8) is 0 Å². The summed E-state index contributed by atoms with van der Waals surface area (Å²) in [4.78, 5) is 29.6. The van der Waals surface area contributed by atoms with Gasteiger partial charge in [0.1, 0.15) is 11.5 Å². The quantitative estimate of drug-likeness (QED) is 0.264. The molecule has 0 unspecified atom stereocenters. The first-order valence-electron chi connectivity index (χ1n) is 7.72. The van der Waals surface area contributed by atoms with E-state index in [1.165, 1.54) is 12.1 Å². The summed E-state index contributed by atoms with van der Waals surface area (Å²) in [6.07, 6.45) is 0.696. The first-order valence-corrected chi connectivity index (χ1v) is 9.33. The van der Waals surface area contributed by atoms with Crippen LogP contribution in [0.25, 0.3) is 0 Å². The Bertz CT molecular complexity index is 791. The van der Waals surface area contributed by atoms with Crippen LogP contribution in [-0.2, 0) is 15.8 Å². The number of rotatable bonds is 7. The van der Waals surface area contributed by atoms with Gasteiger partial charge in [0.2, 0.25) is 0 Å². The second-order valence-corrected chi connectivity index (χ2v) is 7.33. The maximum absolute atomic E-state index is 11.5. The molecular weight excluding hydrogens is 365 g/mol. The molecular formula is C16H20NO8P. The molecule has 1 aromatic rings. The number of nitrogens with one attached hydrogen (secondary N) is 1. The molecule has 0 saturated heterocycles. The van der Waals surface area contributed by atoms with Crippen molar-refractivity contribution in [3.8, 4) is 5.75 Å². The number of phenols is 1. The van der Waals surface area contributed by atoms with Crippen LogP contribution < -0.4 is 5.09 Å². The van der Waals surface area contributed by atoms with Crippen molar-refractivity contribution in [1.29, 1.82) is 0 Å². The number of allylic oxidation sites excluding steroid dienone is 2. The highest BCUT2D eigenvalue weighted by Crippen LogP contribution is 2.38. The fourth-order valence-electron chi connectivity index (χ4n) is 2.74. The Morgan fingerprint density at radius 2 is 1.73 bits per heavy atom. The smallest absolute Gasteiger partial charge is 0.427 e. The number of phenolic OH excluding ortho intramolecular Hbond substituents is 1. The van der Waals surface area contributed by atoms with Crippen molar-refractivity contribution in [2.45, 2.75) is 31.5 Å². The van der Waals surface area contributed by atoms with Gasteiger partial charge in [-0.3, -0.25) is 9.88 Å². The third kappa shape index (κ3) is 5.42. The van der Waals surface area contributed by atoms with E-state index in [1.807, 2.05) is 0 Å². The lowest BCUT2D eigenvalue weighted by Crippen LogP contribution is -2.37. The van der Waals surface area contributed by atoms with Crippen LogP contribution in [0.5, 0.6) is 5.75 Å².